The molecule has 1 unspecified atom stereocenters. The molecule has 3 heterocycles. The molecule has 1 aromatic heterocycles. The Morgan fingerprint density at radius 3 is 3.00 bits per heavy atom. The second kappa shape index (κ2) is 6.59. The van der Waals surface area contributed by atoms with E-state index in [9.17, 15) is 9.59 Å². The fourth-order valence-electron chi connectivity index (χ4n) is 3.24. The van der Waals surface area contributed by atoms with Gasteiger partial charge in [-0.1, -0.05) is 12.1 Å². The molecule has 134 valence electrons. The number of aromatic nitrogens is 1. The Morgan fingerprint density at radius 2 is 2.15 bits per heavy atom. The average Bonchev–Trinajstić information content (AvgIpc) is 3.29. The first-order valence-electron chi connectivity index (χ1n) is 8.43. The molecule has 1 aromatic carbocycles. The van der Waals surface area contributed by atoms with Gasteiger partial charge in [-0.2, -0.15) is 0 Å². The lowest BCUT2D eigenvalue weighted by Gasteiger charge is -2.26. The van der Waals surface area contributed by atoms with E-state index < -0.39 is 0 Å². The zero-order valence-electron chi connectivity index (χ0n) is 14.2. The van der Waals surface area contributed by atoms with Crippen molar-refractivity contribution in [3.05, 3.63) is 48.8 Å². The molecule has 7 heteroatoms. The van der Waals surface area contributed by atoms with Gasteiger partial charge in [0.1, 0.15) is 5.69 Å². The number of carbonyl (C=O) groups excluding carboxylic acids is 2. The van der Waals surface area contributed by atoms with Crippen LogP contribution in [0.4, 0.5) is 0 Å². The average molecular weight is 353 g/mol. The maximum Gasteiger partial charge on any atom is 0.268 e. The molecule has 2 aromatic rings. The highest BCUT2D eigenvalue weighted by atomic mass is 16.7. The van der Waals surface area contributed by atoms with Crippen molar-refractivity contribution in [2.75, 3.05) is 19.9 Å². The van der Waals surface area contributed by atoms with Crippen molar-refractivity contribution < 1.29 is 19.1 Å². The number of hydrogen-bond acceptors (Lipinski definition) is 4. The Balaban J connectivity index is 1.62. The van der Waals surface area contributed by atoms with Crippen LogP contribution in [0.25, 0.3) is 11.1 Å². The number of fused-ring (bicyclic) bond motifs is 2. The Hall–Kier alpha value is -3.22. The normalized spacial score (nSPS) is 17.4. The lowest BCUT2D eigenvalue weighted by atomic mass is 10.1. The molecule has 0 bridgehead atoms. The van der Waals surface area contributed by atoms with Gasteiger partial charge in [0.05, 0.1) is 6.04 Å². The highest BCUT2D eigenvalue weighted by Crippen LogP contribution is 2.37. The molecule has 2 aliphatic rings. The second-order valence-electron chi connectivity index (χ2n) is 6.25. The van der Waals surface area contributed by atoms with Crippen LogP contribution in [0.15, 0.2) is 43.1 Å². The number of hydrogen-bond donors (Lipinski definition) is 2. The molecule has 2 aliphatic heterocycles. The first-order valence-corrected chi connectivity index (χ1v) is 8.43. The maximum atomic E-state index is 12.2. The van der Waals surface area contributed by atoms with Crippen molar-refractivity contribution >= 4 is 11.8 Å². The SMILES string of the molecule is C=CCNC(=O)CC1CNC(=O)c2cc(-c3ccc4c(c3)OCO4)cn21. The number of nitrogens with zero attached hydrogens (tertiary/aromatic N) is 1. The summed E-state index contributed by atoms with van der Waals surface area (Å²) in [6, 6.07) is 7.39. The highest BCUT2D eigenvalue weighted by molar-refractivity contribution is 5.95. The van der Waals surface area contributed by atoms with Crippen LogP contribution in [0.2, 0.25) is 0 Å². The molecule has 0 spiro atoms. The molecule has 0 aliphatic carbocycles. The number of benzene rings is 1. The Kier molecular flexibility index (Phi) is 4.12. The van der Waals surface area contributed by atoms with Gasteiger partial charge in [0.25, 0.3) is 5.91 Å². The standard InChI is InChI=1S/C19H19N3O4/c1-2-5-20-18(23)8-14-9-21-19(24)15-6-13(10-22(14)15)12-3-4-16-17(7-12)26-11-25-16/h2-4,6-7,10,14H,1,5,8-9,11H2,(H,20,23)(H,21,24). The third kappa shape index (κ3) is 2.92. The maximum absolute atomic E-state index is 12.2. The summed E-state index contributed by atoms with van der Waals surface area (Å²) in [5, 5.41) is 5.63. The first kappa shape index (κ1) is 16.3. The van der Waals surface area contributed by atoms with Crippen molar-refractivity contribution in [2.24, 2.45) is 0 Å². The lowest BCUT2D eigenvalue weighted by molar-refractivity contribution is -0.121. The molecule has 26 heavy (non-hydrogen) atoms. The quantitative estimate of drug-likeness (QED) is 0.804. The van der Waals surface area contributed by atoms with Gasteiger partial charge < -0.3 is 24.7 Å². The van der Waals surface area contributed by atoms with E-state index in [1.165, 1.54) is 0 Å². The van der Waals surface area contributed by atoms with E-state index in [4.69, 9.17) is 9.47 Å². The van der Waals surface area contributed by atoms with Crippen molar-refractivity contribution in [1.82, 2.24) is 15.2 Å². The molecule has 0 saturated heterocycles. The van der Waals surface area contributed by atoms with Gasteiger partial charge >= 0.3 is 0 Å². The van der Waals surface area contributed by atoms with Crippen LogP contribution < -0.4 is 20.1 Å². The Labute approximate surface area is 150 Å². The minimum Gasteiger partial charge on any atom is -0.454 e. The van der Waals surface area contributed by atoms with Crippen molar-refractivity contribution in [3.63, 3.8) is 0 Å². The van der Waals surface area contributed by atoms with Crippen molar-refractivity contribution in [1.29, 1.82) is 0 Å². The smallest absolute Gasteiger partial charge is 0.268 e. The lowest BCUT2D eigenvalue weighted by Crippen LogP contribution is -2.40. The summed E-state index contributed by atoms with van der Waals surface area (Å²) in [6.45, 7) is 4.66. The van der Waals surface area contributed by atoms with E-state index >= 15 is 0 Å². The van der Waals surface area contributed by atoms with Gasteiger partial charge in [0, 0.05) is 31.3 Å². The third-order valence-corrected chi connectivity index (χ3v) is 4.54. The molecular formula is C19H19N3O4. The predicted octanol–water partition coefficient (Wildman–Crippen LogP) is 1.86. The summed E-state index contributed by atoms with van der Waals surface area (Å²) in [5.41, 5.74) is 2.37. The Morgan fingerprint density at radius 1 is 1.31 bits per heavy atom. The monoisotopic (exact) mass is 353 g/mol. The number of carbonyl (C=O) groups is 2. The molecule has 0 radical (unpaired) electrons. The summed E-state index contributed by atoms with van der Waals surface area (Å²) in [4.78, 5) is 24.3. The van der Waals surface area contributed by atoms with E-state index in [1.807, 2.05) is 35.0 Å². The van der Waals surface area contributed by atoms with E-state index in [0.717, 1.165) is 11.1 Å². The van der Waals surface area contributed by atoms with Gasteiger partial charge in [-0.25, -0.2) is 0 Å². The van der Waals surface area contributed by atoms with Crippen LogP contribution >= 0.6 is 0 Å². The second-order valence-corrected chi connectivity index (χ2v) is 6.25. The van der Waals surface area contributed by atoms with Crippen molar-refractivity contribution in [2.45, 2.75) is 12.5 Å². The third-order valence-electron chi connectivity index (χ3n) is 4.54. The van der Waals surface area contributed by atoms with Crippen LogP contribution in [0.1, 0.15) is 23.0 Å². The van der Waals surface area contributed by atoms with E-state index in [1.54, 1.807) is 6.08 Å². The summed E-state index contributed by atoms with van der Waals surface area (Å²) in [6.07, 6.45) is 3.84. The zero-order chi connectivity index (χ0) is 18.1. The molecule has 0 saturated carbocycles. The molecular weight excluding hydrogens is 334 g/mol. The number of nitrogens with one attached hydrogen (secondary N) is 2. The summed E-state index contributed by atoms with van der Waals surface area (Å²) in [5.74, 6) is 1.19. The number of ether oxygens (including phenoxy) is 2. The van der Waals surface area contributed by atoms with Crippen LogP contribution in [0.3, 0.4) is 0 Å². The van der Waals surface area contributed by atoms with Gasteiger partial charge in [0.2, 0.25) is 12.7 Å². The van der Waals surface area contributed by atoms with Gasteiger partial charge in [-0.15, -0.1) is 6.58 Å². The van der Waals surface area contributed by atoms with Crippen LogP contribution in [0, 0.1) is 0 Å². The van der Waals surface area contributed by atoms with Gasteiger partial charge in [0.15, 0.2) is 11.5 Å². The molecule has 7 nitrogen and oxygen atoms in total. The first-order chi connectivity index (χ1) is 12.7. The van der Waals surface area contributed by atoms with Crippen molar-refractivity contribution in [3.8, 4) is 22.6 Å². The summed E-state index contributed by atoms with van der Waals surface area (Å²) < 4.78 is 12.6. The minimum absolute atomic E-state index is 0.0738. The molecule has 1 atom stereocenters. The van der Waals surface area contributed by atoms with E-state index in [2.05, 4.69) is 17.2 Å². The Bertz CT molecular complexity index is 887. The predicted molar refractivity (Wildman–Crippen MR) is 95.2 cm³/mol. The fraction of sp³-hybridized carbons (Fsp3) is 0.263. The van der Waals surface area contributed by atoms with Gasteiger partial charge in [-0.05, 0) is 23.8 Å². The largest absolute Gasteiger partial charge is 0.454 e. The fourth-order valence-corrected chi connectivity index (χ4v) is 3.24. The molecule has 2 N–H and O–H groups in total. The van der Waals surface area contributed by atoms with Gasteiger partial charge in [-0.3, -0.25) is 9.59 Å². The van der Waals surface area contributed by atoms with Crippen LogP contribution in [-0.2, 0) is 4.79 Å². The number of amides is 2. The van der Waals surface area contributed by atoms with E-state index in [-0.39, 0.29) is 31.1 Å². The topological polar surface area (TPSA) is 81.6 Å². The summed E-state index contributed by atoms with van der Waals surface area (Å²) in [7, 11) is 0. The zero-order valence-corrected chi connectivity index (χ0v) is 14.2. The van der Waals surface area contributed by atoms with Crippen LogP contribution in [-0.4, -0.2) is 36.3 Å². The minimum atomic E-state index is -0.139. The molecule has 2 amide bonds. The highest BCUT2D eigenvalue weighted by Gasteiger charge is 2.27. The summed E-state index contributed by atoms with van der Waals surface area (Å²) >= 11 is 0. The van der Waals surface area contributed by atoms with Crippen LogP contribution in [0.5, 0.6) is 11.5 Å². The molecule has 4 rings (SSSR count). The van der Waals surface area contributed by atoms with E-state index in [0.29, 0.717) is 30.3 Å². The molecule has 0 fully saturated rings. The number of rotatable bonds is 5.